The summed E-state index contributed by atoms with van der Waals surface area (Å²) in [4.78, 5) is 36.3. The fourth-order valence-electron chi connectivity index (χ4n) is 6.87. The second-order valence-electron chi connectivity index (χ2n) is 12.0. The van der Waals surface area contributed by atoms with E-state index in [1.165, 1.54) is 24.3 Å². The predicted octanol–water partition coefficient (Wildman–Crippen LogP) is 6.17. The Kier molecular flexibility index (Phi) is 7.64. The zero-order valence-corrected chi connectivity index (χ0v) is 25.9. The van der Waals surface area contributed by atoms with Gasteiger partial charge in [0.25, 0.3) is 5.91 Å². The second kappa shape index (κ2) is 11.1. The molecule has 8 nitrogen and oxygen atoms in total. The van der Waals surface area contributed by atoms with Gasteiger partial charge in [0.05, 0.1) is 22.0 Å². The van der Waals surface area contributed by atoms with Crippen molar-refractivity contribution >= 4 is 50.1 Å². The van der Waals surface area contributed by atoms with Crippen molar-refractivity contribution < 1.29 is 32.6 Å². The molecule has 1 saturated carbocycles. The molecule has 0 radical (unpaired) electrons. The first-order valence-corrected chi connectivity index (χ1v) is 15.3. The Morgan fingerprint density at radius 1 is 1.05 bits per heavy atom. The van der Waals surface area contributed by atoms with Crippen LogP contribution in [0.1, 0.15) is 47.2 Å². The van der Waals surface area contributed by atoms with Crippen molar-refractivity contribution in [3.63, 3.8) is 0 Å². The zero-order valence-electron chi connectivity index (χ0n) is 24.3. The molecular weight excluding hydrogens is 641 g/mol. The lowest BCUT2D eigenvalue weighted by Crippen LogP contribution is -2.57. The van der Waals surface area contributed by atoms with Crippen LogP contribution < -0.4 is 15.0 Å². The normalized spacial score (nSPS) is 23.9. The third-order valence-electron chi connectivity index (χ3n) is 9.31. The number of carboxylic acids is 1. The van der Waals surface area contributed by atoms with E-state index in [1.807, 2.05) is 25.1 Å². The van der Waals surface area contributed by atoms with Gasteiger partial charge < -0.3 is 25.0 Å². The maximum Gasteiger partial charge on any atom is 0.573 e. The number of piperazine rings is 1. The van der Waals surface area contributed by atoms with Gasteiger partial charge in [-0.2, -0.15) is 0 Å². The number of likely N-dealkylation sites (N-methyl/N-ethyl adjacent to an activating group) is 1. The number of alkyl halides is 3. The first-order valence-electron chi connectivity index (χ1n) is 14.5. The highest BCUT2D eigenvalue weighted by Crippen LogP contribution is 2.56. The van der Waals surface area contributed by atoms with Crippen LogP contribution in [0.5, 0.6) is 5.75 Å². The molecule has 7 rings (SSSR count). The van der Waals surface area contributed by atoms with Gasteiger partial charge in [-0.05, 0) is 69.5 Å². The van der Waals surface area contributed by atoms with Gasteiger partial charge in [0.1, 0.15) is 11.6 Å². The van der Waals surface area contributed by atoms with Crippen LogP contribution in [0, 0.1) is 12.3 Å². The van der Waals surface area contributed by atoms with E-state index in [0.717, 1.165) is 30.7 Å². The number of hydrogen-bond donors (Lipinski definition) is 2. The van der Waals surface area contributed by atoms with Gasteiger partial charge in [-0.3, -0.25) is 9.59 Å². The molecule has 2 fully saturated rings. The summed E-state index contributed by atoms with van der Waals surface area (Å²) in [7, 11) is 2.06. The van der Waals surface area contributed by atoms with Crippen molar-refractivity contribution in [2.45, 2.75) is 44.5 Å². The lowest BCUT2D eigenvalue weighted by molar-refractivity contribution is -0.274. The quantitative estimate of drug-likeness (QED) is 0.324. The molecule has 4 aliphatic rings. The molecule has 0 atom stereocenters. The fourth-order valence-corrected chi connectivity index (χ4v) is 7.23. The Bertz CT molecular complexity index is 1680. The molecule has 1 amide bonds. The number of para-hydroxylation sites is 1. The molecule has 2 heterocycles. The van der Waals surface area contributed by atoms with E-state index < -0.39 is 34.9 Å². The van der Waals surface area contributed by atoms with E-state index in [0.29, 0.717) is 33.4 Å². The van der Waals surface area contributed by atoms with Crippen molar-refractivity contribution in [3.05, 3.63) is 69.7 Å². The van der Waals surface area contributed by atoms with E-state index in [2.05, 4.69) is 42.8 Å². The zero-order chi connectivity index (χ0) is 31.4. The van der Waals surface area contributed by atoms with Crippen molar-refractivity contribution in [1.29, 1.82) is 0 Å². The highest BCUT2D eigenvalue weighted by atomic mass is 79.9. The molecule has 0 spiro atoms. The van der Waals surface area contributed by atoms with Crippen LogP contribution in [-0.4, -0.2) is 72.0 Å². The van der Waals surface area contributed by atoms with Crippen LogP contribution in [0.2, 0.25) is 0 Å². The minimum Gasteiger partial charge on any atom is -0.481 e. The Morgan fingerprint density at radius 2 is 1.73 bits per heavy atom. The van der Waals surface area contributed by atoms with Crippen LogP contribution in [0.3, 0.4) is 0 Å². The van der Waals surface area contributed by atoms with Gasteiger partial charge in [-0.25, -0.2) is 4.98 Å². The van der Waals surface area contributed by atoms with Gasteiger partial charge in [-0.1, -0.05) is 40.2 Å². The number of nitrogens with zero attached hydrogens (tertiary/aromatic N) is 3. The average molecular weight is 674 g/mol. The Morgan fingerprint density at radius 3 is 2.39 bits per heavy atom. The third-order valence-corrected chi connectivity index (χ3v) is 9.80. The number of halogens is 4. The smallest absolute Gasteiger partial charge is 0.481 e. The summed E-state index contributed by atoms with van der Waals surface area (Å²) in [6, 6.07) is 11.2. The monoisotopic (exact) mass is 672 g/mol. The maximum atomic E-state index is 14.5. The first-order chi connectivity index (χ1) is 20.8. The molecule has 1 aromatic heterocycles. The van der Waals surface area contributed by atoms with Crippen LogP contribution in [-0.2, 0) is 4.79 Å². The lowest BCUT2D eigenvalue weighted by atomic mass is 9.57. The molecule has 12 heteroatoms. The maximum absolute atomic E-state index is 14.5. The van der Waals surface area contributed by atoms with E-state index in [9.17, 15) is 27.9 Å². The van der Waals surface area contributed by atoms with Crippen LogP contribution in [0.4, 0.5) is 19.0 Å². The van der Waals surface area contributed by atoms with Crippen molar-refractivity contribution in [3.8, 4) is 5.75 Å². The van der Waals surface area contributed by atoms with Gasteiger partial charge in [0.2, 0.25) is 0 Å². The summed E-state index contributed by atoms with van der Waals surface area (Å²) in [5.74, 6) is -1.16. The van der Waals surface area contributed by atoms with Crippen molar-refractivity contribution in [2.75, 3.05) is 38.1 Å². The summed E-state index contributed by atoms with van der Waals surface area (Å²) >= 11 is 3.52. The summed E-state index contributed by atoms with van der Waals surface area (Å²) in [6.45, 7) is 5.06. The number of aromatic nitrogens is 1. The number of carboxylic acid groups (broad SMARTS) is 1. The Hall–Kier alpha value is -3.64. The third kappa shape index (κ3) is 5.42. The number of benzene rings is 2. The molecular formula is C32H32BrF3N4O4. The molecule has 0 unspecified atom stereocenters. The van der Waals surface area contributed by atoms with Crippen LogP contribution >= 0.6 is 15.9 Å². The molecule has 232 valence electrons. The van der Waals surface area contributed by atoms with E-state index in [1.54, 1.807) is 6.07 Å². The van der Waals surface area contributed by atoms with Crippen LogP contribution in [0.25, 0.3) is 16.5 Å². The number of hydrogen-bond acceptors (Lipinski definition) is 6. The topological polar surface area (TPSA) is 95.0 Å². The minimum absolute atomic E-state index is 0.104. The molecule has 3 aromatic rings. The van der Waals surface area contributed by atoms with E-state index >= 15 is 0 Å². The standard InChI is InChI=1S/C32H32BrF3N4O4/c1-19-26(22-17-20(33)7-8-24(22)37-27(19)40-15-13-39(2)14-16-40)28(41)38-31-11-9-30(10-12-31,29(42)43)18-23(31)21-5-3-4-6-25(21)44-32(34,35)36/h3-8,17-18H,9-16H2,1-2H3,(H,38,41)(H,42,43). The molecule has 1 aliphatic heterocycles. The molecule has 3 aliphatic carbocycles. The minimum atomic E-state index is -4.95. The molecule has 1 saturated heterocycles. The Balaban J connectivity index is 1.47. The number of carbonyl (C=O) groups excluding carboxylic acids is 1. The second-order valence-corrected chi connectivity index (χ2v) is 12.9. The SMILES string of the molecule is Cc1c(N2CCN(C)CC2)nc2ccc(Br)cc2c1C(=O)NC12CCC(C(=O)O)(C=C1c1ccccc1OC(F)(F)F)CC2. The number of ether oxygens (including phenoxy) is 1. The van der Waals surface area contributed by atoms with Crippen LogP contribution in [0.15, 0.2) is 53.0 Å². The highest BCUT2D eigenvalue weighted by molar-refractivity contribution is 9.10. The molecule has 2 N–H and O–H groups in total. The fraction of sp³-hybridized carbons (Fsp3) is 0.406. The molecule has 2 aromatic carbocycles. The van der Waals surface area contributed by atoms with E-state index in [-0.39, 0.29) is 31.2 Å². The number of carbonyl (C=O) groups is 2. The first kappa shape index (κ1) is 30.4. The average Bonchev–Trinajstić information content (AvgIpc) is 2.97. The Labute approximate surface area is 261 Å². The van der Waals surface area contributed by atoms with Gasteiger partial charge in [-0.15, -0.1) is 13.2 Å². The van der Waals surface area contributed by atoms with Gasteiger partial charge in [0.15, 0.2) is 0 Å². The predicted molar refractivity (Wildman–Crippen MR) is 164 cm³/mol. The number of fused-ring (bicyclic) bond motifs is 3. The number of pyridine rings is 1. The van der Waals surface area contributed by atoms with Gasteiger partial charge >= 0.3 is 12.3 Å². The van der Waals surface area contributed by atoms with Gasteiger partial charge in [0, 0.05) is 47.2 Å². The number of aliphatic carboxylic acids is 1. The van der Waals surface area contributed by atoms with Crippen molar-refractivity contribution in [2.24, 2.45) is 5.41 Å². The number of nitrogens with one attached hydrogen (secondary N) is 1. The molecule has 44 heavy (non-hydrogen) atoms. The summed E-state index contributed by atoms with van der Waals surface area (Å²) < 4.78 is 45.4. The number of rotatable bonds is 6. The van der Waals surface area contributed by atoms with E-state index in [4.69, 9.17) is 4.98 Å². The summed E-state index contributed by atoms with van der Waals surface area (Å²) in [5.41, 5.74) is -0.152. The number of amides is 1. The summed E-state index contributed by atoms with van der Waals surface area (Å²) in [5, 5.41) is 14.0. The number of anilines is 1. The summed E-state index contributed by atoms with van der Waals surface area (Å²) in [6.07, 6.45) is -2.45. The van der Waals surface area contributed by atoms with Crippen molar-refractivity contribution in [1.82, 2.24) is 15.2 Å². The highest BCUT2D eigenvalue weighted by Gasteiger charge is 2.54. The lowest BCUT2D eigenvalue weighted by Gasteiger charge is -2.51. The largest absolute Gasteiger partial charge is 0.573 e. The molecule has 2 bridgehead atoms.